The Bertz CT molecular complexity index is 871. The minimum Gasteiger partial charge on any atom is -0.490 e. The van der Waals surface area contributed by atoms with Crippen LogP contribution in [0.25, 0.3) is 0 Å². The Morgan fingerprint density at radius 3 is 2.23 bits per heavy atom. The molecule has 0 aromatic heterocycles. The molecule has 1 aliphatic heterocycles. The topological polar surface area (TPSA) is 64.1 Å². The molecule has 0 amide bonds. The second-order valence-electron chi connectivity index (χ2n) is 7.04. The first-order chi connectivity index (χ1) is 14.9. The molecule has 0 unspecified atom stereocenters. The van der Waals surface area contributed by atoms with E-state index in [2.05, 4.69) is 20.4 Å². The van der Waals surface area contributed by atoms with Crippen molar-refractivity contribution in [2.24, 2.45) is 4.99 Å². The van der Waals surface area contributed by atoms with E-state index in [1.54, 1.807) is 19.2 Å². The summed E-state index contributed by atoms with van der Waals surface area (Å²) in [4.78, 5) is 4.21. The fourth-order valence-corrected chi connectivity index (χ4v) is 2.95. The molecule has 0 saturated heterocycles. The Balaban J connectivity index is 1.45. The maximum Gasteiger partial charge on any atom is 0.411 e. The Kier molecular flexibility index (Phi) is 8.00. The Labute approximate surface area is 179 Å². The zero-order valence-corrected chi connectivity index (χ0v) is 17.3. The standard InChI is InChI=1S/C22H26F3N3O3/c1-26-21(28-13-18-7-8-19-20(11-18)31-10-2-9-30-19)27-12-16-3-5-17(6-4-16)14-29-15-22(23,24)25/h3-8,11H,2,9-10,12-15H2,1H3,(H2,26,27,28). The van der Waals surface area contributed by atoms with Gasteiger partial charge in [0.25, 0.3) is 0 Å². The molecule has 1 heterocycles. The van der Waals surface area contributed by atoms with Gasteiger partial charge in [-0.05, 0) is 28.8 Å². The molecular weight excluding hydrogens is 411 g/mol. The third-order valence-corrected chi connectivity index (χ3v) is 4.51. The SMILES string of the molecule is CN=C(NCc1ccc(COCC(F)(F)F)cc1)NCc1ccc2c(c1)OCCCO2. The summed E-state index contributed by atoms with van der Waals surface area (Å²) in [7, 11) is 1.68. The van der Waals surface area contributed by atoms with Crippen molar-refractivity contribution in [1.29, 1.82) is 0 Å². The van der Waals surface area contributed by atoms with Crippen LogP contribution < -0.4 is 20.1 Å². The average molecular weight is 437 g/mol. The highest BCUT2D eigenvalue weighted by molar-refractivity contribution is 5.79. The van der Waals surface area contributed by atoms with Crippen LogP contribution in [0.2, 0.25) is 0 Å². The van der Waals surface area contributed by atoms with Crippen LogP contribution in [-0.2, 0) is 24.4 Å². The molecule has 9 heteroatoms. The van der Waals surface area contributed by atoms with Gasteiger partial charge in [-0.3, -0.25) is 4.99 Å². The zero-order chi connectivity index (χ0) is 22.1. The quantitative estimate of drug-likeness (QED) is 0.510. The van der Waals surface area contributed by atoms with E-state index >= 15 is 0 Å². The van der Waals surface area contributed by atoms with Gasteiger partial charge in [0.1, 0.15) is 6.61 Å². The highest BCUT2D eigenvalue weighted by Crippen LogP contribution is 2.30. The Morgan fingerprint density at radius 1 is 0.935 bits per heavy atom. The van der Waals surface area contributed by atoms with E-state index in [0.29, 0.717) is 37.8 Å². The van der Waals surface area contributed by atoms with E-state index in [4.69, 9.17) is 9.47 Å². The molecule has 0 fully saturated rings. The number of guanidine groups is 1. The normalized spacial score (nSPS) is 14.1. The van der Waals surface area contributed by atoms with Crippen LogP contribution in [0.5, 0.6) is 11.5 Å². The molecule has 0 aliphatic carbocycles. The zero-order valence-electron chi connectivity index (χ0n) is 17.3. The second kappa shape index (κ2) is 10.9. The number of hydrogen-bond donors (Lipinski definition) is 2. The summed E-state index contributed by atoms with van der Waals surface area (Å²) < 4.78 is 52.4. The van der Waals surface area contributed by atoms with E-state index < -0.39 is 12.8 Å². The molecule has 0 spiro atoms. The highest BCUT2D eigenvalue weighted by Gasteiger charge is 2.27. The summed E-state index contributed by atoms with van der Waals surface area (Å²) in [6.07, 6.45) is -3.45. The maximum absolute atomic E-state index is 12.1. The van der Waals surface area contributed by atoms with Crippen LogP contribution in [0.1, 0.15) is 23.1 Å². The summed E-state index contributed by atoms with van der Waals surface area (Å²) >= 11 is 0. The van der Waals surface area contributed by atoms with E-state index in [1.165, 1.54) is 0 Å². The summed E-state index contributed by atoms with van der Waals surface area (Å²) in [6, 6.07) is 13.0. The van der Waals surface area contributed by atoms with E-state index in [9.17, 15) is 13.2 Å². The Morgan fingerprint density at radius 2 is 1.55 bits per heavy atom. The predicted octanol–water partition coefficient (Wildman–Crippen LogP) is 3.79. The molecule has 2 aromatic carbocycles. The third kappa shape index (κ3) is 7.67. The average Bonchev–Trinajstić information content (AvgIpc) is 2.99. The number of nitrogens with one attached hydrogen (secondary N) is 2. The number of aliphatic imine (C=N–C) groups is 1. The largest absolute Gasteiger partial charge is 0.490 e. The minimum atomic E-state index is -4.31. The fourth-order valence-electron chi connectivity index (χ4n) is 2.95. The number of halogens is 3. The van der Waals surface area contributed by atoms with E-state index in [-0.39, 0.29) is 6.61 Å². The van der Waals surface area contributed by atoms with Gasteiger partial charge in [0.05, 0.1) is 19.8 Å². The van der Waals surface area contributed by atoms with Crippen molar-refractivity contribution in [1.82, 2.24) is 10.6 Å². The van der Waals surface area contributed by atoms with Gasteiger partial charge in [0.15, 0.2) is 17.5 Å². The van der Waals surface area contributed by atoms with Gasteiger partial charge in [-0.1, -0.05) is 30.3 Å². The first-order valence-corrected chi connectivity index (χ1v) is 9.98. The van der Waals surface area contributed by atoms with Gasteiger partial charge in [-0.15, -0.1) is 0 Å². The Hall–Kier alpha value is -2.94. The van der Waals surface area contributed by atoms with Crippen LogP contribution in [0.4, 0.5) is 13.2 Å². The van der Waals surface area contributed by atoms with Crippen molar-refractivity contribution in [3.05, 3.63) is 59.2 Å². The first-order valence-electron chi connectivity index (χ1n) is 9.98. The van der Waals surface area contributed by atoms with Crippen molar-refractivity contribution in [2.75, 3.05) is 26.9 Å². The number of nitrogens with zero attached hydrogens (tertiary/aromatic N) is 1. The lowest BCUT2D eigenvalue weighted by molar-refractivity contribution is -0.176. The molecular formula is C22H26F3N3O3. The minimum absolute atomic E-state index is 0.0774. The summed E-state index contributed by atoms with van der Waals surface area (Å²) in [5, 5.41) is 6.46. The molecule has 0 saturated carbocycles. The summed E-state index contributed by atoms with van der Waals surface area (Å²) in [6.45, 7) is 1.05. The maximum atomic E-state index is 12.1. The monoisotopic (exact) mass is 437 g/mol. The predicted molar refractivity (Wildman–Crippen MR) is 111 cm³/mol. The lowest BCUT2D eigenvalue weighted by atomic mass is 10.1. The van der Waals surface area contributed by atoms with Crippen LogP contribution in [-0.4, -0.2) is 39.0 Å². The van der Waals surface area contributed by atoms with Crippen molar-refractivity contribution >= 4 is 5.96 Å². The number of benzene rings is 2. The molecule has 6 nitrogen and oxygen atoms in total. The van der Waals surface area contributed by atoms with Crippen LogP contribution in [0.3, 0.4) is 0 Å². The van der Waals surface area contributed by atoms with Gasteiger partial charge in [-0.25, -0.2) is 0 Å². The van der Waals surface area contributed by atoms with Gasteiger partial charge < -0.3 is 24.8 Å². The molecule has 168 valence electrons. The number of rotatable bonds is 7. The van der Waals surface area contributed by atoms with Crippen LogP contribution in [0, 0.1) is 0 Å². The van der Waals surface area contributed by atoms with E-state index in [1.807, 2.05) is 30.3 Å². The van der Waals surface area contributed by atoms with Gasteiger partial charge in [-0.2, -0.15) is 13.2 Å². The molecule has 0 bridgehead atoms. The van der Waals surface area contributed by atoms with Crippen molar-refractivity contribution in [2.45, 2.75) is 32.3 Å². The summed E-state index contributed by atoms with van der Waals surface area (Å²) in [5.41, 5.74) is 2.69. The smallest absolute Gasteiger partial charge is 0.411 e. The van der Waals surface area contributed by atoms with Crippen LogP contribution >= 0.6 is 0 Å². The van der Waals surface area contributed by atoms with Crippen LogP contribution in [0.15, 0.2) is 47.5 Å². The number of hydrogen-bond acceptors (Lipinski definition) is 4. The van der Waals surface area contributed by atoms with Gasteiger partial charge in [0.2, 0.25) is 0 Å². The highest BCUT2D eigenvalue weighted by atomic mass is 19.4. The number of alkyl halides is 3. The fraction of sp³-hybridized carbons (Fsp3) is 0.409. The number of ether oxygens (including phenoxy) is 3. The van der Waals surface area contributed by atoms with Crippen molar-refractivity contribution in [3.63, 3.8) is 0 Å². The van der Waals surface area contributed by atoms with Crippen molar-refractivity contribution < 1.29 is 27.4 Å². The molecule has 1 aliphatic rings. The third-order valence-electron chi connectivity index (χ3n) is 4.51. The van der Waals surface area contributed by atoms with Gasteiger partial charge >= 0.3 is 6.18 Å². The lowest BCUT2D eigenvalue weighted by Gasteiger charge is -2.14. The number of fused-ring (bicyclic) bond motifs is 1. The lowest BCUT2D eigenvalue weighted by Crippen LogP contribution is -2.36. The molecule has 31 heavy (non-hydrogen) atoms. The molecule has 2 aromatic rings. The second-order valence-corrected chi connectivity index (χ2v) is 7.04. The molecule has 3 rings (SSSR count). The van der Waals surface area contributed by atoms with E-state index in [0.717, 1.165) is 29.0 Å². The van der Waals surface area contributed by atoms with Crippen molar-refractivity contribution in [3.8, 4) is 11.5 Å². The molecule has 0 radical (unpaired) electrons. The van der Waals surface area contributed by atoms with Gasteiger partial charge in [0, 0.05) is 26.6 Å². The summed E-state index contributed by atoms with van der Waals surface area (Å²) in [5.74, 6) is 2.14. The molecule has 2 N–H and O–H groups in total. The first kappa shape index (κ1) is 22.7. The molecule has 0 atom stereocenters.